The fourth-order valence-corrected chi connectivity index (χ4v) is 2.45. The van der Waals surface area contributed by atoms with Crippen LogP contribution in [0.1, 0.15) is 46.3 Å². The first-order valence-electron chi connectivity index (χ1n) is 7.48. The van der Waals surface area contributed by atoms with Crippen molar-refractivity contribution in [2.45, 2.75) is 58.3 Å². The van der Waals surface area contributed by atoms with Crippen molar-refractivity contribution in [1.29, 1.82) is 0 Å². The first-order valence-corrected chi connectivity index (χ1v) is 7.48. The van der Waals surface area contributed by atoms with Crippen molar-refractivity contribution in [3.63, 3.8) is 0 Å². The first kappa shape index (κ1) is 15.9. The van der Waals surface area contributed by atoms with E-state index in [1.807, 2.05) is 32.9 Å². The van der Waals surface area contributed by atoms with Crippen LogP contribution in [0.15, 0.2) is 22.8 Å². The van der Waals surface area contributed by atoms with Crippen molar-refractivity contribution in [3.05, 3.63) is 24.2 Å². The average Bonchev–Trinajstić information content (AvgIpc) is 3.05. The predicted octanol–water partition coefficient (Wildman–Crippen LogP) is 3.59. The van der Waals surface area contributed by atoms with E-state index in [-0.39, 0.29) is 11.7 Å². The molecule has 0 bridgehead atoms. The minimum atomic E-state index is -0.469. The summed E-state index contributed by atoms with van der Waals surface area (Å²) in [6.07, 6.45) is 3.05. The molecule has 5 nitrogen and oxygen atoms in total. The van der Waals surface area contributed by atoms with E-state index in [0.717, 1.165) is 18.6 Å². The van der Waals surface area contributed by atoms with Gasteiger partial charge < -0.3 is 18.8 Å². The molecule has 1 amide bonds. The van der Waals surface area contributed by atoms with Crippen LogP contribution in [0.5, 0.6) is 0 Å². The zero-order chi connectivity index (χ0) is 15.5. The number of hydrogen-bond donors (Lipinski definition) is 0. The van der Waals surface area contributed by atoms with Crippen molar-refractivity contribution in [2.24, 2.45) is 0 Å². The lowest BCUT2D eigenvalue weighted by molar-refractivity contribution is -0.0583. The SMILES string of the molecule is CCC1(OCc2ccco2)CCN(C(=O)OC(C)(C)C)C1. The fraction of sp³-hybridized carbons (Fsp3) is 0.688. The third kappa shape index (κ3) is 4.24. The quantitative estimate of drug-likeness (QED) is 0.852. The lowest BCUT2D eigenvalue weighted by atomic mass is 10.00. The molecular formula is C16H25NO4. The zero-order valence-corrected chi connectivity index (χ0v) is 13.3. The Labute approximate surface area is 126 Å². The lowest BCUT2D eigenvalue weighted by Gasteiger charge is -2.29. The van der Waals surface area contributed by atoms with Gasteiger partial charge in [0.25, 0.3) is 0 Å². The number of rotatable bonds is 4. The van der Waals surface area contributed by atoms with Crippen LogP contribution >= 0.6 is 0 Å². The molecule has 1 unspecified atom stereocenters. The monoisotopic (exact) mass is 295 g/mol. The van der Waals surface area contributed by atoms with Gasteiger partial charge in [-0.15, -0.1) is 0 Å². The highest BCUT2D eigenvalue weighted by molar-refractivity contribution is 5.68. The Balaban J connectivity index is 1.92. The van der Waals surface area contributed by atoms with E-state index < -0.39 is 5.60 Å². The summed E-state index contributed by atoms with van der Waals surface area (Å²) in [5.41, 5.74) is -0.771. The van der Waals surface area contributed by atoms with Gasteiger partial charge in [-0.2, -0.15) is 0 Å². The molecule has 1 aliphatic rings. The summed E-state index contributed by atoms with van der Waals surface area (Å²) in [6.45, 7) is 9.38. The molecule has 0 radical (unpaired) electrons. The van der Waals surface area contributed by atoms with Crippen molar-refractivity contribution in [2.75, 3.05) is 13.1 Å². The van der Waals surface area contributed by atoms with Gasteiger partial charge in [0, 0.05) is 6.54 Å². The van der Waals surface area contributed by atoms with E-state index in [4.69, 9.17) is 13.9 Å². The number of hydrogen-bond acceptors (Lipinski definition) is 4. The van der Waals surface area contributed by atoms with Crippen LogP contribution in [-0.4, -0.2) is 35.3 Å². The van der Waals surface area contributed by atoms with E-state index >= 15 is 0 Å². The van der Waals surface area contributed by atoms with E-state index in [0.29, 0.717) is 19.7 Å². The largest absolute Gasteiger partial charge is 0.467 e. The molecule has 0 aliphatic carbocycles. The molecule has 0 spiro atoms. The number of nitrogens with zero attached hydrogens (tertiary/aromatic N) is 1. The molecule has 21 heavy (non-hydrogen) atoms. The van der Waals surface area contributed by atoms with Crippen LogP contribution in [0.25, 0.3) is 0 Å². The van der Waals surface area contributed by atoms with Crippen molar-refractivity contribution >= 4 is 6.09 Å². The minimum Gasteiger partial charge on any atom is -0.467 e. The van der Waals surface area contributed by atoms with Gasteiger partial charge in [-0.1, -0.05) is 6.92 Å². The second kappa shape index (κ2) is 6.10. The number of ether oxygens (including phenoxy) is 2. The summed E-state index contributed by atoms with van der Waals surface area (Å²) in [5.74, 6) is 0.804. The molecule has 0 saturated carbocycles. The second-order valence-corrected chi connectivity index (χ2v) is 6.56. The molecule has 1 fully saturated rings. The van der Waals surface area contributed by atoms with E-state index in [9.17, 15) is 4.79 Å². The Morgan fingerprint density at radius 3 is 2.81 bits per heavy atom. The molecule has 0 aromatic carbocycles. The zero-order valence-electron chi connectivity index (χ0n) is 13.3. The van der Waals surface area contributed by atoms with Gasteiger partial charge >= 0.3 is 6.09 Å². The summed E-state index contributed by atoms with van der Waals surface area (Å²) in [4.78, 5) is 13.9. The first-order chi connectivity index (χ1) is 9.84. The van der Waals surface area contributed by atoms with Crippen LogP contribution < -0.4 is 0 Å². The third-order valence-corrected chi connectivity index (χ3v) is 3.71. The Morgan fingerprint density at radius 1 is 1.48 bits per heavy atom. The van der Waals surface area contributed by atoms with Gasteiger partial charge in [0.05, 0.1) is 18.4 Å². The number of carbonyl (C=O) groups is 1. The Kier molecular flexibility index (Phi) is 4.61. The summed E-state index contributed by atoms with van der Waals surface area (Å²) in [7, 11) is 0. The molecule has 2 heterocycles. The molecule has 1 aromatic rings. The average molecular weight is 295 g/mol. The Bertz CT molecular complexity index is 463. The molecule has 1 aromatic heterocycles. The summed E-state index contributed by atoms with van der Waals surface area (Å²) in [5, 5.41) is 0. The van der Waals surface area contributed by atoms with Crippen molar-refractivity contribution < 1.29 is 18.7 Å². The summed E-state index contributed by atoms with van der Waals surface area (Å²) < 4.78 is 16.8. The van der Waals surface area contributed by atoms with Gasteiger partial charge in [0.15, 0.2) is 0 Å². The van der Waals surface area contributed by atoms with E-state index in [2.05, 4.69) is 6.92 Å². The van der Waals surface area contributed by atoms with Crippen LogP contribution in [0.3, 0.4) is 0 Å². The third-order valence-electron chi connectivity index (χ3n) is 3.71. The maximum absolute atomic E-state index is 12.1. The molecule has 1 atom stereocenters. The highest BCUT2D eigenvalue weighted by atomic mass is 16.6. The van der Waals surface area contributed by atoms with E-state index in [1.54, 1.807) is 11.2 Å². The van der Waals surface area contributed by atoms with Crippen LogP contribution in [0.4, 0.5) is 4.79 Å². The standard InChI is InChI=1S/C16H25NO4/c1-5-16(20-11-13-7-6-10-19-13)8-9-17(12-16)14(18)21-15(2,3)4/h6-7,10H,5,8-9,11-12H2,1-4H3. The van der Waals surface area contributed by atoms with Crippen LogP contribution in [-0.2, 0) is 16.1 Å². The van der Waals surface area contributed by atoms with Crippen molar-refractivity contribution in [3.8, 4) is 0 Å². The minimum absolute atomic E-state index is 0.264. The smallest absolute Gasteiger partial charge is 0.410 e. The van der Waals surface area contributed by atoms with Crippen molar-refractivity contribution in [1.82, 2.24) is 4.90 Å². The molecule has 1 aliphatic heterocycles. The highest BCUT2D eigenvalue weighted by Gasteiger charge is 2.41. The molecule has 2 rings (SSSR count). The molecule has 5 heteroatoms. The fourth-order valence-electron chi connectivity index (χ4n) is 2.45. The summed E-state index contributed by atoms with van der Waals surface area (Å²) >= 11 is 0. The molecule has 1 saturated heterocycles. The van der Waals surface area contributed by atoms with Gasteiger partial charge in [0.1, 0.15) is 18.0 Å². The van der Waals surface area contributed by atoms with Crippen LogP contribution in [0, 0.1) is 0 Å². The number of furan rings is 1. The van der Waals surface area contributed by atoms with Gasteiger partial charge in [-0.3, -0.25) is 0 Å². The maximum atomic E-state index is 12.1. The van der Waals surface area contributed by atoms with Gasteiger partial charge in [0.2, 0.25) is 0 Å². The molecular weight excluding hydrogens is 270 g/mol. The number of likely N-dealkylation sites (tertiary alicyclic amines) is 1. The Morgan fingerprint density at radius 2 is 2.24 bits per heavy atom. The maximum Gasteiger partial charge on any atom is 0.410 e. The number of amides is 1. The lowest BCUT2D eigenvalue weighted by Crippen LogP contribution is -2.40. The van der Waals surface area contributed by atoms with Crippen LogP contribution in [0.2, 0.25) is 0 Å². The predicted molar refractivity (Wildman–Crippen MR) is 78.9 cm³/mol. The van der Waals surface area contributed by atoms with Gasteiger partial charge in [-0.25, -0.2) is 4.79 Å². The number of carbonyl (C=O) groups excluding carboxylic acids is 1. The second-order valence-electron chi connectivity index (χ2n) is 6.56. The van der Waals surface area contributed by atoms with E-state index in [1.165, 1.54) is 0 Å². The highest BCUT2D eigenvalue weighted by Crippen LogP contribution is 2.31. The molecule has 118 valence electrons. The molecule has 0 N–H and O–H groups in total. The normalized spacial score (nSPS) is 22.6. The summed E-state index contributed by atoms with van der Waals surface area (Å²) in [6, 6.07) is 3.74. The van der Waals surface area contributed by atoms with Gasteiger partial charge in [-0.05, 0) is 45.7 Å². The Hall–Kier alpha value is -1.49. The topological polar surface area (TPSA) is 51.9 Å².